The lowest BCUT2D eigenvalue weighted by Crippen LogP contribution is -2.43. The molecule has 1 aliphatic heterocycles. The maximum atomic E-state index is 12.1. The molecule has 2 unspecified atom stereocenters. The van der Waals surface area contributed by atoms with Gasteiger partial charge < -0.3 is 20.7 Å². The van der Waals surface area contributed by atoms with E-state index in [0.29, 0.717) is 25.1 Å². The Hall–Kier alpha value is -2.08. The van der Waals surface area contributed by atoms with E-state index in [1.165, 1.54) is 0 Å². The first-order valence-corrected chi connectivity index (χ1v) is 8.98. The van der Waals surface area contributed by atoms with E-state index in [0.717, 1.165) is 30.1 Å². The van der Waals surface area contributed by atoms with Crippen molar-refractivity contribution in [3.8, 4) is 0 Å². The molecule has 1 fully saturated rings. The Balaban J connectivity index is 1.88. The standard InChI is InChI=1S/C19H30N4O2/c1-13(2)14(3)22-19(20-4)21-12-15-7-5-8-16(11-15)23-18(24)17-9-6-10-25-17/h5,7-8,11,13-14,17H,6,9-10,12H2,1-4H3,(H,23,24)(H2,20,21,22). The molecule has 0 saturated carbocycles. The highest BCUT2D eigenvalue weighted by molar-refractivity contribution is 5.94. The van der Waals surface area contributed by atoms with Gasteiger partial charge in [-0.2, -0.15) is 0 Å². The van der Waals surface area contributed by atoms with E-state index >= 15 is 0 Å². The van der Waals surface area contributed by atoms with Crippen LogP contribution in [0.4, 0.5) is 5.69 Å². The SMILES string of the molecule is CN=C(NCc1cccc(NC(=O)C2CCCO2)c1)NC(C)C(C)C. The van der Waals surface area contributed by atoms with E-state index in [1.807, 2.05) is 24.3 Å². The minimum absolute atomic E-state index is 0.0640. The highest BCUT2D eigenvalue weighted by Gasteiger charge is 2.23. The van der Waals surface area contributed by atoms with Crippen molar-refractivity contribution in [2.24, 2.45) is 10.9 Å². The lowest BCUT2D eigenvalue weighted by atomic mass is 10.1. The molecule has 0 aliphatic carbocycles. The molecular weight excluding hydrogens is 316 g/mol. The third-order valence-electron chi connectivity index (χ3n) is 4.46. The van der Waals surface area contributed by atoms with Crippen molar-refractivity contribution >= 4 is 17.6 Å². The van der Waals surface area contributed by atoms with Gasteiger partial charge in [-0.3, -0.25) is 9.79 Å². The first kappa shape index (κ1) is 19.2. The summed E-state index contributed by atoms with van der Waals surface area (Å²) in [6, 6.07) is 8.16. The summed E-state index contributed by atoms with van der Waals surface area (Å²) in [5.74, 6) is 1.23. The topological polar surface area (TPSA) is 74.8 Å². The van der Waals surface area contributed by atoms with Crippen molar-refractivity contribution in [2.75, 3.05) is 19.0 Å². The molecule has 1 aromatic rings. The summed E-state index contributed by atoms with van der Waals surface area (Å²) in [4.78, 5) is 16.4. The van der Waals surface area contributed by atoms with Gasteiger partial charge >= 0.3 is 0 Å². The van der Waals surface area contributed by atoms with Crippen molar-refractivity contribution < 1.29 is 9.53 Å². The van der Waals surface area contributed by atoms with Crippen LogP contribution >= 0.6 is 0 Å². The number of ether oxygens (including phenoxy) is 1. The number of rotatable bonds is 6. The number of amides is 1. The van der Waals surface area contributed by atoms with E-state index in [2.05, 4.69) is 41.7 Å². The minimum Gasteiger partial charge on any atom is -0.368 e. The Bertz CT molecular complexity index is 595. The molecule has 2 atom stereocenters. The number of carbonyl (C=O) groups is 1. The van der Waals surface area contributed by atoms with Gasteiger partial charge in [0.2, 0.25) is 0 Å². The molecule has 25 heavy (non-hydrogen) atoms. The lowest BCUT2D eigenvalue weighted by molar-refractivity contribution is -0.124. The molecule has 3 N–H and O–H groups in total. The molecule has 1 heterocycles. The summed E-state index contributed by atoms with van der Waals surface area (Å²) < 4.78 is 5.42. The van der Waals surface area contributed by atoms with Crippen molar-refractivity contribution in [3.05, 3.63) is 29.8 Å². The highest BCUT2D eigenvalue weighted by Crippen LogP contribution is 2.16. The Morgan fingerprint density at radius 1 is 1.36 bits per heavy atom. The van der Waals surface area contributed by atoms with Crippen LogP contribution in [0.5, 0.6) is 0 Å². The fourth-order valence-corrected chi connectivity index (χ4v) is 2.53. The molecule has 0 aromatic heterocycles. The average Bonchev–Trinajstić information content (AvgIpc) is 3.13. The van der Waals surface area contributed by atoms with E-state index in [-0.39, 0.29) is 12.0 Å². The van der Waals surface area contributed by atoms with Gasteiger partial charge in [0, 0.05) is 31.9 Å². The third kappa shape index (κ3) is 6.05. The molecule has 0 radical (unpaired) electrons. The second-order valence-corrected chi connectivity index (χ2v) is 6.79. The van der Waals surface area contributed by atoms with E-state index < -0.39 is 0 Å². The number of guanidine groups is 1. The number of nitrogens with zero attached hydrogens (tertiary/aromatic N) is 1. The lowest BCUT2D eigenvalue weighted by Gasteiger charge is -2.21. The van der Waals surface area contributed by atoms with Crippen LogP contribution in [-0.2, 0) is 16.1 Å². The quantitative estimate of drug-likeness (QED) is 0.546. The zero-order valence-electron chi connectivity index (χ0n) is 15.6. The summed E-state index contributed by atoms with van der Waals surface area (Å²) in [7, 11) is 1.76. The van der Waals surface area contributed by atoms with Gasteiger partial charge in [-0.05, 0) is 43.4 Å². The molecule has 0 spiro atoms. The molecule has 1 aliphatic rings. The number of anilines is 1. The molecular formula is C19H30N4O2. The normalized spacial score (nSPS) is 18.9. The molecule has 0 bridgehead atoms. The summed E-state index contributed by atoms with van der Waals surface area (Å²) in [5, 5.41) is 9.62. The smallest absolute Gasteiger partial charge is 0.253 e. The molecule has 2 rings (SSSR count). The largest absolute Gasteiger partial charge is 0.368 e. The van der Waals surface area contributed by atoms with Crippen LogP contribution in [0.1, 0.15) is 39.2 Å². The van der Waals surface area contributed by atoms with Gasteiger partial charge in [0.15, 0.2) is 5.96 Å². The number of benzene rings is 1. The molecule has 6 nitrogen and oxygen atoms in total. The fourth-order valence-electron chi connectivity index (χ4n) is 2.53. The first-order valence-electron chi connectivity index (χ1n) is 8.98. The van der Waals surface area contributed by atoms with Crippen molar-refractivity contribution in [1.29, 1.82) is 0 Å². The maximum Gasteiger partial charge on any atom is 0.253 e. The maximum absolute atomic E-state index is 12.1. The number of hydrogen-bond donors (Lipinski definition) is 3. The van der Waals surface area contributed by atoms with Crippen molar-refractivity contribution in [3.63, 3.8) is 0 Å². The van der Waals surface area contributed by atoms with Crippen LogP contribution in [-0.4, -0.2) is 37.7 Å². The third-order valence-corrected chi connectivity index (χ3v) is 4.46. The second-order valence-electron chi connectivity index (χ2n) is 6.79. The van der Waals surface area contributed by atoms with Gasteiger partial charge in [0.25, 0.3) is 5.91 Å². The molecule has 1 aromatic carbocycles. The molecule has 138 valence electrons. The monoisotopic (exact) mass is 346 g/mol. The predicted octanol–water partition coefficient (Wildman–Crippen LogP) is 2.51. The first-order chi connectivity index (χ1) is 12.0. The van der Waals surface area contributed by atoms with Crippen LogP contribution in [0.15, 0.2) is 29.3 Å². The Morgan fingerprint density at radius 2 is 2.16 bits per heavy atom. The predicted molar refractivity (Wildman–Crippen MR) is 102 cm³/mol. The zero-order valence-corrected chi connectivity index (χ0v) is 15.6. The van der Waals surface area contributed by atoms with Crippen LogP contribution in [0.25, 0.3) is 0 Å². The van der Waals surface area contributed by atoms with E-state index in [9.17, 15) is 4.79 Å². The van der Waals surface area contributed by atoms with Gasteiger partial charge in [0.05, 0.1) is 0 Å². The van der Waals surface area contributed by atoms with Gasteiger partial charge in [-0.25, -0.2) is 0 Å². The number of hydrogen-bond acceptors (Lipinski definition) is 3. The molecule has 1 amide bonds. The molecule has 6 heteroatoms. The Labute approximate surface area is 150 Å². The van der Waals surface area contributed by atoms with Gasteiger partial charge in [0.1, 0.15) is 6.10 Å². The summed E-state index contributed by atoms with van der Waals surface area (Å²) in [6.07, 6.45) is 1.42. The highest BCUT2D eigenvalue weighted by atomic mass is 16.5. The van der Waals surface area contributed by atoms with E-state index in [4.69, 9.17) is 4.74 Å². The number of carbonyl (C=O) groups excluding carboxylic acids is 1. The number of nitrogens with one attached hydrogen (secondary N) is 3. The zero-order chi connectivity index (χ0) is 18.2. The van der Waals surface area contributed by atoms with Crippen LogP contribution in [0.3, 0.4) is 0 Å². The Kier molecular flexibility index (Phi) is 7.25. The van der Waals surface area contributed by atoms with E-state index in [1.54, 1.807) is 7.05 Å². The fraction of sp³-hybridized carbons (Fsp3) is 0.579. The average molecular weight is 346 g/mol. The van der Waals surface area contributed by atoms with Crippen molar-refractivity contribution in [2.45, 2.75) is 52.3 Å². The Morgan fingerprint density at radius 3 is 2.80 bits per heavy atom. The van der Waals surface area contributed by atoms with Crippen LogP contribution in [0, 0.1) is 5.92 Å². The second kappa shape index (κ2) is 9.42. The van der Waals surface area contributed by atoms with Gasteiger partial charge in [-0.15, -0.1) is 0 Å². The summed E-state index contributed by atoms with van der Waals surface area (Å²) in [6.45, 7) is 7.78. The minimum atomic E-state index is -0.317. The number of aliphatic imine (C=N–C) groups is 1. The van der Waals surface area contributed by atoms with Crippen LogP contribution in [0.2, 0.25) is 0 Å². The van der Waals surface area contributed by atoms with Gasteiger partial charge in [-0.1, -0.05) is 26.0 Å². The molecule has 1 saturated heterocycles. The summed E-state index contributed by atoms with van der Waals surface area (Å²) >= 11 is 0. The van der Waals surface area contributed by atoms with Crippen LogP contribution < -0.4 is 16.0 Å². The van der Waals surface area contributed by atoms with Crippen molar-refractivity contribution in [1.82, 2.24) is 10.6 Å². The summed E-state index contributed by atoms with van der Waals surface area (Å²) in [5.41, 5.74) is 1.86.